The molecule has 0 fully saturated rings. The Morgan fingerprint density at radius 1 is 0.545 bits per heavy atom. The van der Waals surface area contributed by atoms with E-state index in [0.29, 0.717) is 5.65 Å². The molecule has 0 spiro atoms. The number of benzene rings is 1. The predicted octanol–water partition coefficient (Wildman–Crippen LogP) is 3.27. The van der Waals surface area contributed by atoms with Gasteiger partial charge in [-0.1, -0.05) is 12.1 Å². The zero-order chi connectivity index (χ0) is 14.5. The highest BCUT2D eigenvalue weighted by molar-refractivity contribution is 6.21. The van der Waals surface area contributed by atoms with Crippen molar-refractivity contribution in [3.8, 4) is 0 Å². The summed E-state index contributed by atoms with van der Waals surface area (Å²) in [6.45, 7) is 0. The summed E-state index contributed by atoms with van der Waals surface area (Å²) in [5.74, 6) is 0. The maximum atomic E-state index is 4.73. The predicted molar refractivity (Wildman–Crippen MR) is 85.4 cm³/mol. The summed E-state index contributed by atoms with van der Waals surface area (Å²) in [5.41, 5.74) is 4.57. The largest absolute Gasteiger partial charge is 0.254 e. The Morgan fingerprint density at radius 3 is 1.86 bits per heavy atom. The lowest BCUT2D eigenvalue weighted by atomic mass is 10.1. The lowest BCUT2D eigenvalue weighted by molar-refractivity contribution is 1.28. The van der Waals surface area contributed by atoms with E-state index in [9.17, 15) is 0 Å². The molecule has 0 amide bonds. The molecule has 0 N–H and O–H groups in total. The Balaban J connectivity index is 2.17. The molecule has 102 valence electrons. The van der Waals surface area contributed by atoms with Crippen LogP contribution in [-0.2, 0) is 0 Å². The summed E-state index contributed by atoms with van der Waals surface area (Å²) in [5, 5.41) is 2.07. The molecule has 0 saturated carbocycles. The monoisotopic (exact) mass is 283 g/mol. The first-order valence-corrected chi connectivity index (χ1v) is 6.96. The van der Waals surface area contributed by atoms with Crippen LogP contribution >= 0.6 is 0 Å². The van der Waals surface area contributed by atoms with Gasteiger partial charge >= 0.3 is 0 Å². The first-order valence-electron chi connectivity index (χ1n) is 6.96. The molecule has 0 aliphatic rings. The highest BCUT2D eigenvalue weighted by atomic mass is 14.9. The van der Waals surface area contributed by atoms with E-state index in [4.69, 9.17) is 4.98 Å². The second-order valence-electron chi connectivity index (χ2n) is 5.07. The maximum absolute atomic E-state index is 4.73. The van der Waals surface area contributed by atoms with Crippen molar-refractivity contribution in [3.05, 3.63) is 55.0 Å². The van der Waals surface area contributed by atoms with E-state index in [-0.39, 0.29) is 0 Å². The van der Waals surface area contributed by atoms with Crippen LogP contribution in [0.25, 0.3) is 44.0 Å². The van der Waals surface area contributed by atoms with Crippen LogP contribution in [0.2, 0.25) is 0 Å². The summed E-state index contributed by atoms with van der Waals surface area (Å²) in [7, 11) is 0. The zero-order valence-electron chi connectivity index (χ0n) is 11.4. The Kier molecular flexibility index (Phi) is 2.16. The minimum absolute atomic E-state index is 0.622. The van der Waals surface area contributed by atoms with Gasteiger partial charge in [0.1, 0.15) is 16.6 Å². The second kappa shape index (κ2) is 4.14. The molecule has 5 aromatic rings. The maximum Gasteiger partial charge on any atom is 0.178 e. The van der Waals surface area contributed by atoms with Crippen molar-refractivity contribution in [2.75, 3.05) is 0 Å². The number of fused-ring (bicyclic) bond motifs is 7. The standard InChI is InChI=1S/C17H9N5/c1-4-10-11-5-2-8-19-14(11)16-15(13(10)18-7-1)21-12-6-3-9-20-17(12)22-16/h1-9H. The molecular formula is C17H9N5. The van der Waals surface area contributed by atoms with Gasteiger partial charge in [0.15, 0.2) is 5.65 Å². The molecule has 0 aliphatic heterocycles. The van der Waals surface area contributed by atoms with Crippen LogP contribution in [0.5, 0.6) is 0 Å². The fraction of sp³-hybridized carbons (Fsp3) is 0. The number of aromatic nitrogens is 5. The fourth-order valence-electron chi connectivity index (χ4n) is 2.85. The van der Waals surface area contributed by atoms with Gasteiger partial charge in [0.25, 0.3) is 0 Å². The van der Waals surface area contributed by atoms with E-state index in [1.807, 2.05) is 36.4 Å². The number of hydrogen-bond donors (Lipinski definition) is 0. The van der Waals surface area contributed by atoms with Crippen LogP contribution in [0.15, 0.2) is 55.0 Å². The van der Waals surface area contributed by atoms with Gasteiger partial charge in [0.05, 0.1) is 11.0 Å². The average Bonchev–Trinajstić information content (AvgIpc) is 2.61. The first-order chi connectivity index (χ1) is 10.9. The zero-order valence-corrected chi connectivity index (χ0v) is 11.4. The molecule has 0 aliphatic carbocycles. The third-order valence-corrected chi connectivity index (χ3v) is 3.79. The van der Waals surface area contributed by atoms with Crippen LogP contribution in [0.4, 0.5) is 0 Å². The molecule has 22 heavy (non-hydrogen) atoms. The summed E-state index contributed by atoms with van der Waals surface area (Å²) >= 11 is 0. The Hall–Kier alpha value is -3.21. The van der Waals surface area contributed by atoms with Gasteiger partial charge in [-0.3, -0.25) is 9.97 Å². The Morgan fingerprint density at radius 2 is 1.14 bits per heavy atom. The molecule has 0 bridgehead atoms. The molecule has 5 nitrogen and oxygen atoms in total. The minimum atomic E-state index is 0.622. The summed E-state index contributed by atoms with van der Waals surface area (Å²) in [6, 6.07) is 11.7. The normalized spacial score (nSPS) is 11.6. The van der Waals surface area contributed by atoms with Crippen molar-refractivity contribution in [2.24, 2.45) is 0 Å². The number of pyridine rings is 3. The Labute approximate surface area is 124 Å². The van der Waals surface area contributed by atoms with Crippen molar-refractivity contribution in [2.45, 2.75) is 0 Å². The molecule has 1 aromatic carbocycles. The van der Waals surface area contributed by atoms with Crippen LogP contribution < -0.4 is 0 Å². The van der Waals surface area contributed by atoms with E-state index in [1.54, 1.807) is 18.6 Å². The van der Waals surface area contributed by atoms with Gasteiger partial charge in [-0.25, -0.2) is 15.0 Å². The summed E-state index contributed by atoms with van der Waals surface area (Å²) in [4.78, 5) is 22.7. The van der Waals surface area contributed by atoms with Gasteiger partial charge in [0, 0.05) is 29.4 Å². The van der Waals surface area contributed by atoms with Crippen LogP contribution in [0.3, 0.4) is 0 Å². The van der Waals surface area contributed by atoms with Crippen LogP contribution in [0, 0.1) is 0 Å². The topological polar surface area (TPSA) is 64.5 Å². The first kappa shape index (κ1) is 11.4. The van der Waals surface area contributed by atoms with Gasteiger partial charge in [-0.15, -0.1) is 0 Å². The third kappa shape index (κ3) is 1.45. The SMILES string of the molecule is c1cnc2nc3c4ncccc4c4cccnc4c3nc2c1. The highest BCUT2D eigenvalue weighted by Crippen LogP contribution is 2.31. The van der Waals surface area contributed by atoms with E-state index < -0.39 is 0 Å². The van der Waals surface area contributed by atoms with Crippen molar-refractivity contribution < 1.29 is 0 Å². The van der Waals surface area contributed by atoms with Gasteiger partial charge in [0.2, 0.25) is 0 Å². The third-order valence-electron chi connectivity index (χ3n) is 3.79. The average molecular weight is 283 g/mol. The van der Waals surface area contributed by atoms with E-state index in [2.05, 4.69) is 19.9 Å². The minimum Gasteiger partial charge on any atom is -0.254 e. The van der Waals surface area contributed by atoms with E-state index in [1.165, 1.54) is 0 Å². The van der Waals surface area contributed by atoms with E-state index in [0.717, 1.165) is 38.4 Å². The quantitative estimate of drug-likeness (QED) is 0.322. The second-order valence-corrected chi connectivity index (χ2v) is 5.07. The lowest BCUT2D eigenvalue weighted by Gasteiger charge is -2.07. The number of hydrogen-bond acceptors (Lipinski definition) is 5. The molecule has 0 saturated heterocycles. The molecule has 4 heterocycles. The molecule has 5 heteroatoms. The van der Waals surface area contributed by atoms with Crippen LogP contribution in [-0.4, -0.2) is 24.9 Å². The highest BCUT2D eigenvalue weighted by Gasteiger charge is 2.13. The molecule has 0 radical (unpaired) electrons. The van der Waals surface area contributed by atoms with E-state index >= 15 is 0 Å². The van der Waals surface area contributed by atoms with Crippen molar-refractivity contribution in [1.82, 2.24) is 24.9 Å². The number of nitrogens with zero attached hydrogens (tertiary/aromatic N) is 5. The van der Waals surface area contributed by atoms with Crippen molar-refractivity contribution >= 4 is 44.0 Å². The van der Waals surface area contributed by atoms with Gasteiger partial charge < -0.3 is 0 Å². The summed E-state index contributed by atoms with van der Waals surface area (Å²) < 4.78 is 0. The fourth-order valence-corrected chi connectivity index (χ4v) is 2.85. The van der Waals surface area contributed by atoms with Gasteiger partial charge in [-0.2, -0.15) is 0 Å². The summed E-state index contributed by atoms with van der Waals surface area (Å²) in [6.07, 6.45) is 5.27. The number of rotatable bonds is 0. The lowest BCUT2D eigenvalue weighted by Crippen LogP contribution is -1.94. The van der Waals surface area contributed by atoms with Crippen LogP contribution in [0.1, 0.15) is 0 Å². The molecule has 5 rings (SSSR count). The van der Waals surface area contributed by atoms with Gasteiger partial charge in [-0.05, 0) is 24.3 Å². The Bertz CT molecular complexity index is 1090. The molecular weight excluding hydrogens is 274 g/mol. The van der Waals surface area contributed by atoms with Crippen molar-refractivity contribution in [1.29, 1.82) is 0 Å². The smallest absolute Gasteiger partial charge is 0.178 e. The molecule has 0 atom stereocenters. The molecule has 4 aromatic heterocycles. The molecule has 0 unspecified atom stereocenters. The van der Waals surface area contributed by atoms with Crippen molar-refractivity contribution in [3.63, 3.8) is 0 Å².